The fourth-order valence-electron chi connectivity index (χ4n) is 4.08. The quantitative estimate of drug-likeness (QED) is 0.161. The average Bonchev–Trinajstić information content (AvgIpc) is 3.00. The summed E-state index contributed by atoms with van der Waals surface area (Å²) >= 11 is 0. The van der Waals surface area contributed by atoms with E-state index in [0.29, 0.717) is 24.3 Å². The van der Waals surface area contributed by atoms with Gasteiger partial charge in [0, 0.05) is 5.56 Å². The van der Waals surface area contributed by atoms with Crippen LogP contribution in [-0.4, -0.2) is 25.1 Å². The summed E-state index contributed by atoms with van der Waals surface area (Å²) in [6.07, 6.45) is -11.1. The number of esters is 1. The van der Waals surface area contributed by atoms with E-state index in [1.807, 2.05) is 18.2 Å². The minimum Gasteiger partial charge on any atom is -0.476 e. The molecule has 4 rings (SSSR count). The van der Waals surface area contributed by atoms with Gasteiger partial charge in [0.05, 0.1) is 24.3 Å². The number of hydrogen-bond acceptors (Lipinski definition) is 4. The molecule has 13 heteroatoms. The highest BCUT2D eigenvalue weighted by molar-refractivity contribution is 5.95. The Bertz CT molecular complexity index is 1660. The van der Waals surface area contributed by atoms with Crippen molar-refractivity contribution in [1.82, 2.24) is 5.32 Å². The monoisotopic (exact) mass is 653 g/mol. The summed E-state index contributed by atoms with van der Waals surface area (Å²) < 4.78 is 118. The summed E-state index contributed by atoms with van der Waals surface area (Å²) in [6.45, 7) is 3.31. The van der Waals surface area contributed by atoms with Crippen LogP contribution >= 0.6 is 0 Å². The van der Waals surface area contributed by atoms with Crippen LogP contribution in [0.25, 0.3) is 0 Å². The van der Waals surface area contributed by atoms with Crippen molar-refractivity contribution in [3.05, 3.63) is 136 Å². The lowest BCUT2D eigenvalue weighted by Gasteiger charge is -2.23. The van der Waals surface area contributed by atoms with Crippen molar-refractivity contribution in [2.24, 2.45) is 0 Å². The summed E-state index contributed by atoms with van der Waals surface area (Å²) in [5, 5.41) is 2.27. The molecule has 4 aromatic rings. The van der Waals surface area contributed by atoms with E-state index < -0.39 is 76.0 Å². The number of methoxy groups -OCH3 is 1. The Kier molecular flexibility index (Phi) is 11.5. The maximum Gasteiger partial charge on any atom is 0.416 e. The summed E-state index contributed by atoms with van der Waals surface area (Å²) in [6, 6.07) is 16.1. The van der Waals surface area contributed by atoms with Crippen molar-refractivity contribution in [2.75, 3.05) is 7.11 Å². The maximum absolute atomic E-state index is 14.5. The molecule has 0 saturated heterocycles. The number of carbonyl (C=O) groups excluding carboxylic acids is 2. The molecule has 2 atom stereocenters. The van der Waals surface area contributed by atoms with E-state index in [-0.39, 0.29) is 11.6 Å². The third-order valence-electron chi connectivity index (χ3n) is 6.37. The van der Waals surface area contributed by atoms with Crippen molar-refractivity contribution in [1.29, 1.82) is 0 Å². The minimum absolute atomic E-state index is 0.137. The van der Waals surface area contributed by atoms with Crippen LogP contribution in [-0.2, 0) is 21.9 Å². The predicted octanol–water partition coefficient (Wildman–Crippen LogP) is 8.46. The lowest BCUT2D eigenvalue weighted by atomic mass is 9.95. The molecule has 0 aliphatic carbocycles. The Labute approximate surface area is 258 Å². The Morgan fingerprint density at radius 2 is 1.39 bits per heavy atom. The molecule has 0 radical (unpaired) electrons. The van der Waals surface area contributed by atoms with Crippen LogP contribution in [0.15, 0.2) is 91.0 Å². The number of hydrogen-bond donors (Lipinski definition) is 1. The van der Waals surface area contributed by atoms with E-state index in [1.165, 1.54) is 12.5 Å². The van der Waals surface area contributed by atoms with Gasteiger partial charge in [0.1, 0.15) is 5.82 Å². The van der Waals surface area contributed by atoms with E-state index in [9.17, 15) is 44.7 Å². The third kappa shape index (κ3) is 9.78. The van der Waals surface area contributed by atoms with Crippen LogP contribution in [0.1, 0.15) is 51.1 Å². The largest absolute Gasteiger partial charge is 0.476 e. The molecule has 0 aliphatic rings. The van der Waals surface area contributed by atoms with Gasteiger partial charge in [-0.3, -0.25) is 4.79 Å². The molecule has 46 heavy (non-hydrogen) atoms. The fourth-order valence-corrected chi connectivity index (χ4v) is 4.08. The number of aryl methyl sites for hydroxylation is 1. The summed E-state index contributed by atoms with van der Waals surface area (Å²) in [5.74, 6) is -4.91. The molecule has 4 aromatic carbocycles. The summed E-state index contributed by atoms with van der Waals surface area (Å²) in [7, 11) is 1.05. The van der Waals surface area contributed by atoms with Crippen LogP contribution < -0.4 is 10.1 Å². The predicted molar refractivity (Wildman–Crippen MR) is 152 cm³/mol. The first-order chi connectivity index (χ1) is 21.5. The highest BCUT2D eigenvalue weighted by Crippen LogP contribution is 2.35. The number of nitrogens with one attached hydrogen (secondary N) is 1. The van der Waals surface area contributed by atoms with Gasteiger partial charge < -0.3 is 14.8 Å². The van der Waals surface area contributed by atoms with Crippen LogP contribution in [0.5, 0.6) is 5.75 Å². The van der Waals surface area contributed by atoms with Gasteiger partial charge in [-0.25, -0.2) is 13.6 Å². The first kappa shape index (κ1) is 35.5. The molecule has 1 amide bonds. The SMILES string of the molecule is COC(=O)C(C)Oc1cc(C(NC(=O)c2cccc(C(F)(F)F)c2)c2cc(F)cc(C(F)(F)F)c2)ccc1F.Cc1ccccc1. The Morgan fingerprint density at radius 3 is 1.96 bits per heavy atom. The van der Waals surface area contributed by atoms with Crippen molar-refractivity contribution < 1.29 is 54.2 Å². The van der Waals surface area contributed by atoms with Gasteiger partial charge in [-0.15, -0.1) is 0 Å². The third-order valence-corrected chi connectivity index (χ3v) is 6.37. The molecule has 5 nitrogen and oxygen atoms in total. The van der Waals surface area contributed by atoms with Gasteiger partial charge in [0.2, 0.25) is 0 Å². The Morgan fingerprint density at radius 1 is 0.739 bits per heavy atom. The highest BCUT2D eigenvalue weighted by atomic mass is 19.4. The summed E-state index contributed by atoms with van der Waals surface area (Å²) in [5.41, 5.74) is -2.34. The molecular weight excluding hydrogens is 626 g/mol. The normalized spacial score (nSPS) is 12.7. The smallest absolute Gasteiger partial charge is 0.416 e. The van der Waals surface area contributed by atoms with E-state index in [4.69, 9.17) is 4.74 Å². The molecule has 0 bridgehead atoms. The second-order valence-electron chi connectivity index (χ2n) is 9.88. The van der Waals surface area contributed by atoms with Gasteiger partial charge in [-0.2, -0.15) is 26.3 Å². The first-order valence-electron chi connectivity index (χ1n) is 13.4. The fraction of sp³-hybridized carbons (Fsp3) is 0.212. The van der Waals surface area contributed by atoms with Gasteiger partial charge in [-0.05, 0) is 73.5 Å². The lowest BCUT2D eigenvalue weighted by molar-refractivity contribution is -0.148. The van der Waals surface area contributed by atoms with Gasteiger partial charge in [0.25, 0.3) is 5.91 Å². The molecular formula is C33H27F8NO4. The van der Waals surface area contributed by atoms with Gasteiger partial charge >= 0.3 is 18.3 Å². The number of amides is 1. The van der Waals surface area contributed by atoms with Crippen LogP contribution in [0.4, 0.5) is 35.1 Å². The highest BCUT2D eigenvalue weighted by Gasteiger charge is 2.34. The molecule has 0 saturated carbocycles. The van der Waals surface area contributed by atoms with Gasteiger partial charge in [0.15, 0.2) is 17.7 Å². The van der Waals surface area contributed by atoms with Gasteiger partial charge in [-0.1, -0.05) is 48.0 Å². The second-order valence-corrected chi connectivity index (χ2v) is 9.88. The first-order valence-corrected chi connectivity index (χ1v) is 13.4. The Balaban J connectivity index is 0.000000724. The number of ether oxygens (including phenoxy) is 2. The van der Waals surface area contributed by atoms with Crippen molar-refractivity contribution in [2.45, 2.75) is 38.3 Å². The zero-order valence-corrected chi connectivity index (χ0v) is 24.5. The van der Waals surface area contributed by atoms with E-state index in [1.54, 1.807) is 0 Å². The number of halogens is 8. The zero-order valence-electron chi connectivity index (χ0n) is 24.5. The van der Waals surface area contributed by atoms with Crippen LogP contribution in [0, 0.1) is 18.6 Å². The molecule has 0 fully saturated rings. The lowest BCUT2D eigenvalue weighted by Crippen LogP contribution is -2.30. The maximum atomic E-state index is 14.5. The molecule has 0 spiro atoms. The minimum atomic E-state index is -4.99. The van der Waals surface area contributed by atoms with Crippen molar-refractivity contribution >= 4 is 11.9 Å². The second kappa shape index (κ2) is 14.9. The average molecular weight is 654 g/mol. The summed E-state index contributed by atoms with van der Waals surface area (Å²) in [4.78, 5) is 24.6. The number of benzene rings is 4. The molecule has 0 aromatic heterocycles. The van der Waals surface area contributed by atoms with E-state index >= 15 is 0 Å². The standard InChI is InChI=1S/C26H19F8NO4.C7H8/c1-13(24(37)38-2)39-21-11-14(6-7-20(21)28)22(16-9-18(26(32,33)34)12-19(27)10-16)35-23(36)15-4-3-5-17(8-15)25(29,30)31;1-7-5-3-2-4-6-7/h3-13,22H,1-2H3,(H,35,36);2-6H,1H3. The topological polar surface area (TPSA) is 64.6 Å². The van der Waals surface area contributed by atoms with E-state index in [0.717, 1.165) is 37.4 Å². The zero-order chi connectivity index (χ0) is 34.2. The Hall–Kier alpha value is -4.94. The molecule has 0 heterocycles. The van der Waals surface area contributed by atoms with Crippen LogP contribution in [0.2, 0.25) is 0 Å². The molecule has 244 valence electrons. The molecule has 2 unspecified atom stereocenters. The van der Waals surface area contributed by atoms with Crippen molar-refractivity contribution in [3.8, 4) is 5.75 Å². The van der Waals surface area contributed by atoms with E-state index in [2.05, 4.69) is 29.1 Å². The molecule has 1 N–H and O–H groups in total. The number of rotatable bonds is 7. The molecule has 0 aliphatic heterocycles. The van der Waals surface area contributed by atoms with Crippen molar-refractivity contribution in [3.63, 3.8) is 0 Å². The number of alkyl halides is 6. The number of carbonyl (C=O) groups is 2. The van der Waals surface area contributed by atoms with Crippen LogP contribution in [0.3, 0.4) is 0 Å².